The van der Waals surface area contributed by atoms with Gasteiger partial charge in [-0.2, -0.15) is 5.10 Å². The molecular formula is C22H20Cl2N2O2. The average Bonchev–Trinajstić information content (AvgIpc) is 3.46. The number of esters is 1. The number of rotatable bonds is 5. The molecule has 1 aliphatic carbocycles. The van der Waals surface area contributed by atoms with Gasteiger partial charge in [0.15, 0.2) is 5.69 Å². The molecule has 1 fully saturated rings. The Hall–Kier alpha value is -2.30. The molecule has 4 rings (SSSR count). The third kappa shape index (κ3) is 3.54. The van der Waals surface area contributed by atoms with Crippen LogP contribution in [0.2, 0.25) is 10.0 Å². The minimum atomic E-state index is -0.445. The van der Waals surface area contributed by atoms with Crippen molar-refractivity contribution in [3.63, 3.8) is 0 Å². The van der Waals surface area contributed by atoms with E-state index in [1.807, 2.05) is 6.92 Å². The fourth-order valence-electron chi connectivity index (χ4n) is 3.39. The molecule has 0 radical (unpaired) electrons. The topological polar surface area (TPSA) is 44.1 Å². The molecule has 0 atom stereocenters. The third-order valence-corrected chi connectivity index (χ3v) is 5.50. The summed E-state index contributed by atoms with van der Waals surface area (Å²) in [5.74, 6) is 0.237. The quantitative estimate of drug-likeness (QED) is 0.466. The van der Waals surface area contributed by atoms with Crippen LogP contribution in [-0.4, -0.2) is 22.4 Å². The summed E-state index contributed by atoms with van der Waals surface area (Å²) in [6.45, 7) is 3.94. The van der Waals surface area contributed by atoms with Gasteiger partial charge in [0, 0.05) is 16.1 Å². The van der Waals surface area contributed by atoms with Crippen LogP contribution in [0.25, 0.3) is 16.9 Å². The standard InChI is InChI=1S/C22H20Cl2N2O2/c1-3-28-22(27)20-13(2)21(16-8-6-15(7-9-16)14-4-5-14)26(25-20)19-11-10-17(23)12-18(19)24/h6-12,14H,3-5H2,1-2H3. The van der Waals surface area contributed by atoms with Crippen LogP contribution in [-0.2, 0) is 4.74 Å². The van der Waals surface area contributed by atoms with Gasteiger partial charge < -0.3 is 4.74 Å². The Bertz CT molecular complexity index is 1040. The molecule has 1 aliphatic rings. The molecule has 2 aromatic carbocycles. The second-order valence-electron chi connectivity index (χ2n) is 6.95. The van der Waals surface area contributed by atoms with Crippen LogP contribution >= 0.6 is 23.2 Å². The van der Waals surface area contributed by atoms with E-state index in [0.29, 0.717) is 21.7 Å². The maximum atomic E-state index is 12.4. The van der Waals surface area contributed by atoms with Gasteiger partial charge in [0.25, 0.3) is 0 Å². The van der Waals surface area contributed by atoms with E-state index in [1.165, 1.54) is 18.4 Å². The van der Waals surface area contributed by atoms with Gasteiger partial charge >= 0.3 is 5.97 Å². The molecule has 0 saturated heterocycles. The van der Waals surface area contributed by atoms with Crippen molar-refractivity contribution in [1.29, 1.82) is 0 Å². The summed E-state index contributed by atoms with van der Waals surface area (Å²) in [6.07, 6.45) is 2.51. The molecule has 0 N–H and O–H groups in total. The summed E-state index contributed by atoms with van der Waals surface area (Å²) in [6, 6.07) is 13.7. The molecule has 144 valence electrons. The van der Waals surface area contributed by atoms with Crippen LogP contribution in [0.15, 0.2) is 42.5 Å². The zero-order valence-electron chi connectivity index (χ0n) is 15.7. The highest BCUT2D eigenvalue weighted by atomic mass is 35.5. The minimum Gasteiger partial charge on any atom is -0.461 e. The van der Waals surface area contributed by atoms with Crippen molar-refractivity contribution in [2.45, 2.75) is 32.6 Å². The van der Waals surface area contributed by atoms with Crippen molar-refractivity contribution >= 4 is 29.2 Å². The first-order chi connectivity index (χ1) is 13.5. The number of hydrogen-bond donors (Lipinski definition) is 0. The number of carbonyl (C=O) groups excluding carboxylic acids is 1. The molecule has 6 heteroatoms. The molecule has 0 aliphatic heterocycles. The number of benzene rings is 2. The summed E-state index contributed by atoms with van der Waals surface area (Å²) in [7, 11) is 0. The van der Waals surface area contributed by atoms with Gasteiger partial charge in [-0.25, -0.2) is 9.48 Å². The highest BCUT2D eigenvalue weighted by molar-refractivity contribution is 6.35. The summed E-state index contributed by atoms with van der Waals surface area (Å²) < 4.78 is 6.89. The van der Waals surface area contributed by atoms with E-state index in [0.717, 1.165) is 16.8 Å². The van der Waals surface area contributed by atoms with Gasteiger partial charge in [0.05, 0.1) is 23.0 Å². The lowest BCUT2D eigenvalue weighted by Gasteiger charge is -2.11. The van der Waals surface area contributed by atoms with E-state index < -0.39 is 5.97 Å². The zero-order chi connectivity index (χ0) is 19.8. The molecule has 0 spiro atoms. The van der Waals surface area contributed by atoms with Crippen molar-refractivity contribution in [3.05, 3.63) is 69.3 Å². The first-order valence-electron chi connectivity index (χ1n) is 9.32. The fraction of sp³-hybridized carbons (Fsp3) is 0.273. The highest BCUT2D eigenvalue weighted by Gasteiger charge is 2.26. The molecule has 4 nitrogen and oxygen atoms in total. The molecule has 0 amide bonds. The predicted molar refractivity (Wildman–Crippen MR) is 112 cm³/mol. The van der Waals surface area contributed by atoms with Crippen molar-refractivity contribution in [2.24, 2.45) is 0 Å². The van der Waals surface area contributed by atoms with Crippen LogP contribution in [0.3, 0.4) is 0 Å². The molecule has 0 unspecified atom stereocenters. The predicted octanol–water partition coefficient (Wildman–Crippen LogP) is 6.21. The lowest BCUT2D eigenvalue weighted by Crippen LogP contribution is -2.08. The van der Waals surface area contributed by atoms with Crippen LogP contribution in [0.4, 0.5) is 0 Å². The van der Waals surface area contributed by atoms with E-state index in [4.69, 9.17) is 27.9 Å². The van der Waals surface area contributed by atoms with Gasteiger partial charge in [0.1, 0.15) is 0 Å². The van der Waals surface area contributed by atoms with Gasteiger partial charge in [-0.05, 0) is 56.4 Å². The average molecular weight is 415 g/mol. The Morgan fingerprint density at radius 1 is 1.18 bits per heavy atom. The van der Waals surface area contributed by atoms with Gasteiger partial charge in [0.2, 0.25) is 0 Å². The molecule has 1 heterocycles. The number of aromatic nitrogens is 2. The number of nitrogens with zero attached hydrogens (tertiary/aromatic N) is 2. The van der Waals surface area contributed by atoms with Gasteiger partial charge in [-0.15, -0.1) is 0 Å². The smallest absolute Gasteiger partial charge is 0.359 e. The van der Waals surface area contributed by atoms with E-state index in [2.05, 4.69) is 29.4 Å². The highest BCUT2D eigenvalue weighted by Crippen LogP contribution is 2.41. The molecule has 0 bridgehead atoms. The molecule has 1 aromatic heterocycles. The second-order valence-corrected chi connectivity index (χ2v) is 7.79. The molecular weight excluding hydrogens is 395 g/mol. The Balaban J connectivity index is 1.88. The first-order valence-corrected chi connectivity index (χ1v) is 10.1. The van der Waals surface area contributed by atoms with Crippen molar-refractivity contribution in [2.75, 3.05) is 6.61 Å². The normalized spacial score (nSPS) is 13.6. The lowest BCUT2D eigenvalue weighted by atomic mass is 10.0. The van der Waals surface area contributed by atoms with Crippen LogP contribution in [0.5, 0.6) is 0 Å². The van der Waals surface area contributed by atoms with E-state index in [-0.39, 0.29) is 12.3 Å². The number of hydrogen-bond acceptors (Lipinski definition) is 3. The van der Waals surface area contributed by atoms with E-state index in [1.54, 1.807) is 29.8 Å². The second kappa shape index (κ2) is 7.61. The minimum absolute atomic E-state index is 0.286. The van der Waals surface area contributed by atoms with Crippen molar-refractivity contribution < 1.29 is 9.53 Å². The van der Waals surface area contributed by atoms with Gasteiger partial charge in [-0.3, -0.25) is 0 Å². The lowest BCUT2D eigenvalue weighted by molar-refractivity contribution is 0.0518. The largest absolute Gasteiger partial charge is 0.461 e. The maximum Gasteiger partial charge on any atom is 0.359 e. The monoisotopic (exact) mass is 414 g/mol. The molecule has 28 heavy (non-hydrogen) atoms. The summed E-state index contributed by atoms with van der Waals surface area (Å²) >= 11 is 12.5. The molecule has 1 saturated carbocycles. The Kier molecular flexibility index (Phi) is 5.17. The van der Waals surface area contributed by atoms with Crippen molar-refractivity contribution in [3.8, 4) is 16.9 Å². The van der Waals surface area contributed by atoms with Crippen LogP contribution in [0, 0.1) is 6.92 Å². The number of carbonyl (C=O) groups is 1. The Labute approximate surface area is 174 Å². The number of halogens is 2. The molecule has 3 aromatic rings. The third-order valence-electron chi connectivity index (χ3n) is 4.96. The maximum absolute atomic E-state index is 12.4. The fourth-order valence-corrected chi connectivity index (χ4v) is 3.87. The summed E-state index contributed by atoms with van der Waals surface area (Å²) in [5, 5.41) is 5.55. The van der Waals surface area contributed by atoms with Crippen molar-refractivity contribution in [1.82, 2.24) is 9.78 Å². The summed E-state index contributed by atoms with van der Waals surface area (Å²) in [5.41, 5.74) is 4.83. The van der Waals surface area contributed by atoms with E-state index >= 15 is 0 Å². The summed E-state index contributed by atoms with van der Waals surface area (Å²) in [4.78, 5) is 12.4. The van der Waals surface area contributed by atoms with Crippen LogP contribution in [0.1, 0.15) is 47.3 Å². The van der Waals surface area contributed by atoms with Gasteiger partial charge in [-0.1, -0.05) is 47.5 Å². The van der Waals surface area contributed by atoms with Crippen LogP contribution < -0.4 is 0 Å². The first kappa shape index (κ1) is 19.0. The number of ether oxygens (including phenoxy) is 1. The SMILES string of the molecule is CCOC(=O)c1nn(-c2ccc(Cl)cc2Cl)c(-c2ccc(C3CC3)cc2)c1C. The van der Waals surface area contributed by atoms with E-state index in [9.17, 15) is 4.79 Å². The Morgan fingerprint density at radius 3 is 2.50 bits per heavy atom. The zero-order valence-corrected chi connectivity index (χ0v) is 17.2. The Morgan fingerprint density at radius 2 is 1.89 bits per heavy atom.